The molecule has 156 valence electrons. The third-order valence-corrected chi connectivity index (χ3v) is 4.54. The number of carbonyl (C=O) groups is 2. The number of hydrogen-bond donors (Lipinski definition) is 1. The van der Waals surface area contributed by atoms with E-state index in [1.807, 2.05) is 18.7 Å². The first-order chi connectivity index (χ1) is 12.7. The lowest BCUT2D eigenvalue weighted by molar-refractivity contribution is -0.143. The Labute approximate surface area is 179 Å². The fourth-order valence-corrected chi connectivity index (χ4v) is 3.18. The Morgan fingerprint density at radius 3 is 2.48 bits per heavy atom. The summed E-state index contributed by atoms with van der Waals surface area (Å²) in [5, 5.41) is 3.30. The number of halogens is 1. The van der Waals surface area contributed by atoms with Gasteiger partial charge in [0.15, 0.2) is 5.96 Å². The first-order valence-corrected chi connectivity index (χ1v) is 9.75. The summed E-state index contributed by atoms with van der Waals surface area (Å²) in [5.41, 5.74) is 0. The van der Waals surface area contributed by atoms with E-state index in [0.717, 1.165) is 38.4 Å². The van der Waals surface area contributed by atoms with Gasteiger partial charge in [0.05, 0.1) is 6.61 Å². The maximum absolute atomic E-state index is 12.4. The topological polar surface area (TPSA) is 83.5 Å². The fourth-order valence-electron chi connectivity index (χ4n) is 3.18. The number of nitrogens with zero attached hydrogens (tertiary/aromatic N) is 3. The molecule has 0 aromatic heterocycles. The van der Waals surface area contributed by atoms with Crippen molar-refractivity contribution in [2.45, 2.75) is 45.6 Å². The van der Waals surface area contributed by atoms with E-state index in [1.54, 1.807) is 0 Å². The minimum absolute atomic E-state index is 0. The van der Waals surface area contributed by atoms with Crippen LogP contribution in [0.3, 0.4) is 0 Å². The van der Waals surface area contributed by atoms with Crippen LogP contribution < -0.4 is 5.32 Å². The molecule has 2 fully saturated rings. The highest BCUT2D eigenvalue weighted by Crippen LogP contribution is 2.16. The van der Waals surface area contributed by atoms with Crippen molar-refractivity contribution in [3.05, 3.63) is 0 Å². The average molecular weight is 496 g/mol. The highest BCUT2D eigenvalue weighted by molar-refractivity contribution is 14.0. The summed E-state index contributed by atoms with van der Waals surface area (Å²) in [6.45, 7) is 9.19. The van der Waals surface area contributed by atoms with Crippen LogP contribution in [-0.2, 0) is 19.1 Å². The summed E-state index contributed by atoms with van der Waals surface area (Å²) < 4.78 is 10.4. The second-order valence-corrected chi connectivity index (χ2v) is 6.46. The van der Waals surface area contributed by atoms with E-state index >= 15 is 0 Å². The van der Waals surface area contributed by atoms with Crippen molar-refractivity contribution in [1.29, 1.82) is 0 Å². The molecule has 2 aliphatic heterocycles. The molecule has 27 heavy (non-hydrogen) atoms. The molecule has 0 radical (unpaired) electrons. The van der Waals surface area contributed by atoms with Gasteiger partial charge in [-0.25, -0.2) is 0 Å². The maximum Gasteiger partial charge on any atom is 0.305 e. The van der Waals surface area contributed by atoms with Crippen molar-refractivity contribution in [2.75, 3.05) is 52.5 Å². The molecule has 0 spiro atoms. The molecular formula is C18H33IN4O4. The van der Waals surface area contributed by atoms with Gasteiger partial charge in [0.1, 0.15) is 6.10 Å². The summed E-state index contributed by atoms with van der Waals surface area (Å²) in [5.74, 6) is 0.799. The molecule has 0 aromatic carbocycles. The molecule has 9 heteroatoms. The van der Waals surface area contributed by atoms with E-state index in [-0.39, 0.29) is 42.0 Å². The van der Waals surface area contributed by atoms with Crippen LogP contribution in [0.25, 0.3) is 0 Å². The van der Waals surface area contributed by atoms with Crippen molar-refractivity contribution in [3.63, 3.8) is 0 Å². The van der Waals surface area contributed by atoms with Gasteiger partial charge in [-0.2, -0.15) is 0 Å². The molecule has 2 aliphatic rings. The van der Waals surface area contributed by atoms with Gasteiger partial charge in [0.2, 0.25) is 0 Å². The number of ether oxygens (including phenoxy) is 2. The summed E-state index contributed by atoms with van der Waals surface area (Å²) in [6.07, 6.45) is 2.63. The number of carbonyl (C=O) groups excluding carboxylic acids is 2. The van der Waals surface area contributed by atoms with Gasteiger partial charge in [-0.15, -0.1) is 24.0 Å². The van der Waals surface area contributed by atoms with Crippen LogP contribution in [0, 0.1) is 0 Å². The maximum atomic E-state index is 12.4. The zero-order chi connectivity index (χ0) is 18.8. The summed E-state index contributed by atoms with van der Waals surface area (Å²) >= 11 is 0. The summed E-state index contributed by atoms with van der Waals surface area (Å²) in [4.78, 5) is 32.5. The monoisotopic (exact) mass is 496 g/mol. The summed E-state index contributed by atoms with van der Waals surface area (Å²) in [7, 11) is 0. The smallest absolute Gasteiger partial charge is 0.305 e. The number of aliphatic imine (C=N–C) groups is 1. The zero-order valence-corrected chi connectivity index (χ0v) is 18.8. The first-order valence-electron chi connectivity index (χ1n) is 9.75. The Bertz CT molecular complexity index is 490. The minimum Gasteiger partial charge on any atom is -0.466 e. The number of piperazine rings is 1. The number of nitrogens with one attached hydrogen (secondary N) is 1. The largest absolute Gasteiger partial charge is 0.466 e. The third kappa shape index (κ3) is 7.81. The van der Waals surface area contributed by atoms with Gasteiger partial charge >= 0.3 is 5.97 Å². The Hall–Kier alpha value is -1.10. The number of rotatable bonds is 7. The molecule has 0 saturated carbocycles. The Kier molecular flexibility index (Phi) is 11.7. The van der Waals surface area contributed by atoms with E-state index in [0.29, 0.717) is 45.7 Å². The van der Waals surface area contributed by atoms with Crippen molar-refractivity contribution >= 4 is 41.8 Å². The molecule has 0 aliphatic carbocycles. The van der Waals surface area contributed by atoms with Crippen molar-refractivity contribution in [1.82, 2.24) is 15.1 Å². The van der Waals surface area contributed by atoms with Gasteiger partial charge in [-0.05, 0) is 33.1 Å². The molecule has 2 heterocycles. The lowest BCUT2D eigenvalue weighted by Gasteiger charge is -2.37. The fraction of sp³-hybridized carbons (Fsp3) is 0.833. The van der Waals surface area contributed by atoms with Crippen LogP contribution >= 0.6 is 24.0 Å². The van der Waals surface area contributed by atoms with Gasteiger partial charge < -0.3 is 24.6 Å². The minimum atomic E-state index is -0.244. The molecule has 1 atom stereocenters. The van der Waals surface area contributed by atoms with Crippen LogP contribution in [0.1, 0.15) is 39.5 Å². The summed E-state index contributed by atoms with van der Waals surface area (Å²) in [6, 6.07) is 0. The molecule has 1 amide bonds. The highest BCUT2D eigenvalue weighted by Gasteiger charge is 2.30. The Balaban J connectivity index is 0.00000364. The van der Waals surface area contributed by atoms with Gasteiger partial charge in [0, 0.05) is 52.3 Å². The Morgan fingerprint density at radius 1 is 1.19 bits per heavy atom. The molecule has 2 saturated heterocycles. The quantitative estimate of drug-likeness (QED) is 0.188. The molecule has 0 aromatic rings. The van der Waals surface area contributed by atoms with Crippen LogP contribution in [0.15, 0.2) is 4.99 Å². The van der Waals surface area contributed by atoms with Gasteiger partial charge in [0.25, 0.3) is 5.91 Å². The zero-order valence-electron chi connectivity index (χ0n) is 16.4. The van der Waals surface area contributed by atoms with E-state index in [9.17, 15) is 9.59 Å². The first kappa shape index (κ1) is 23.9. The number of amides is 1. The van der Waals surface area contributed by atoms with Crippen molar-refractivity contribution in [2.24, 2.45) is 4.99 Å². The lowest BCUT2D eigenvalue weighted by atomic mass is 10.2. The highest BCUT2D eigenvalue weighted by atomic mass is 127. The van der Waals surface area contributed by atoms with Crippen LogP contribution in [0.2, 0.25) is 0 Å². The van der Waals surface area contributed by atoms with Gasteiger partial charge in [-0.1, -0.05) is 0 Å². The van der Waals surface area contributed by atoms with E-state index in [2.05, 4.69) is 15.2 Å². The normalized spacial score (nSPS) is 20.2. The van der Waals surface area contributed by atoms with E-state index in [1.165, 1.54) is 0 Å². The second kappa shape index (κ2) is 13.1. The predicted octanol–water partition coefficient (Wildman–Crippen LogP) is 1.24. The predicted molar refractivity (Wildman–Crippen MR) is 114 cm³/mol. The molecule has 1 unspecified atom stereocenters. The molecule has 0 bridgehead atoms. The van der Waals surface area contributed by atoms with Crippen LogP contribution in [0.4, 0.5) is 0 Å². The second-order valence-electron chi connectivity index (χ2n) is 6.46. The molecule has 8 nitrogen and oxygen atoms in total. The van der Waals surface area contributed by atoms with Gasteiger partial charge in [-0.3, -0.25) is 14.6 Å². The average Bonchev–Trinajstić information content (AvgIpc) is 3.19. The molecule has 1 N–H and O–H groups in total. The van der Waals surface area contributed by atoms with Crippen LogP contribution in [0.5, 0.6) is 0 Å². The molecule has 2 rings (SSSR count). The van der Waals surface area contributed by atoms with E-state index in [4.69, 9.17) is 9.47 Å². The van der Waals surface area contributed by atoms with Crippen molar-refractivity contribution < 1.29 is 19.1 Å². The van der Waals surface area contributed by atoms with Crippen LogP contribution in [-0.4, -0.2) is 86.2 Å². The van der Waals surface area contributed by atoms with E-state index < -0.39 is 0 Å². The standard InChI is InChI=1S/C18H32N4O4.HI/c1-3-19-18(20-9-5-8-16(23)25-4-2)22-12-10-21(11-13-22)17(24)15-7-6-14-26-15;/h15H,3-14H2,1-2H3,(H,19,20);1H. The lowest BCUT2D eigenvalue weighted by Crippen LogP contribution is -2.55. The number of esters is 1. The third-order valence-electron chi connectivity index (χ3n) is 4.54. The number of hydrogen-bond acceptors (Lipinski definition) is 5. The number of guanidine groups is 1. The Morgan fingerprint density at radius 2 is 1.89 bits per heavy atom. The molecular weight excluding hydrogens is 463 g/mol. The van der Waals surface area contributed by atoms with Crippen molar-refractivity contribution in [3.8, 4) is 0 Å². The SMILES string of the molecule is CCNC(=NCCCC(=O)OCC)N1CCN(C(=O)C2CCCO2)CC1.I.